The van der Waals surface area contributed by atoms with Gasteiger partial charge < -0.3 is 9.67 Å². The van der Waals surface area contributed by atoms with Crippen LogP contribution in [0, 0.1) is 0 Å². The van der Waals surface area contributed by atoms with Gasteiger partial charge in [0, 0.05) is 27.3 Å². The van der Waals surface area contributed by atoms with Crippen LogP contribution in [0.2, 0.25) is 0 Å². The van der Waals surface area contributed by atoms with Crippen LogP contribution in [0.5, 0.6) is 5.75 Å². The van der Waals surface area contributed by atoms with E-state index in [9.17, 15) is 14.7 Å². The summed E-state index contributed by atoms with van der Waals surface area (Å²) >= 11 is 4.68. The van der Waals surface area contributed by atoms with Crippen molar-refractivity contribution in [3.63, 3.8) is 0 Å². The molecule has 0 atom stereocenters. The summed E-state index contributed by atoms with van der Waals surface area (Å²) < 4.78 is 2.57. The molecule has 0 bridgehead atoms. The van der Waals surface area contributed by atoms with Crippen molar-refractivity contribution in [2.24, 2.45) is 0 Å². The molecule has 4 rings (SSSR count). The van der Waals surface area contributed by atoms with E-state index in [0.717, 1.165) is 47.8 Å². The summed E-state index contributed by atoms with van der Waals surface area (Å²) in [6.45, 7) is 2.65. The number of unbranched alkanes of at least 4 members (excludes halogenated alkanes) is 4. The highest BCUT2D eigenvalue weighted by Gasteiger charge is 2.23. The first kappa shape index (κ1) is 24.2. The number of nitrogens with one attached hydrogen (secondary N) is 1. The molecular formula is C26H26BrN3O3S. The highest BCUT2D eigenvalue weighted by atomic mass is 79.9. The fourth-order valence-corrected chi connectivity index (χ4v) is 4.91. The van der Waals surface area contributed by atoms with Gasteiger partial charge in [-0.3, -0.25) is 14.9 Å². The van der Waals surface area contributed by atoms with Crippen molar-refractivity contribution >= 4 is 49.2 Å². The molecule has 2 heterocycles. The van der Waals surface area contributed by atoms with Crippen molar-refractivity contribution in [1.82, 2.24) is 9.55 Å². The molecule has 4 aromatic rings. The van der Waals surface area contributed by atoms with Crippen LogP contribution >= 0.6 is 27.3 Å². The number of carbonyl (C=O) groups is 1. The average Bonchev–Trinajstić information content (AvgIpc) is 3.29. The van der Waals surface area contributed by atoms with Gasteiger partial charge in [0.2, 0.25) is 0 Å². The van der Waals surface area contributed by atoms with Crippen molar-refractivity contribution in [3.8, 4) is 17.0 Å². The second-order valence-electron chi connectivity index (χ2n) is 8.11. The van der Waals surface area contributed by atoms with E-state index < -0.39 is 11.5 Å². The molecule has 176 valence electrons. The number of rotatable bonds is 9. The van der Waals surface area contributed by atoms with Crippen molar-refractivity contribution in [3.05, 3.63) is 74.3 Å². The molecule has 0 spiro atoms. The largest absolute Gasteiger partial charge is 0.506 e. The molecule has 0 aliphatic carbocycles. The fourth-order valence-electron chi connectivity index (χ4n) is 3.93. The SMILES string of the molecule is CCCCCCCn1c(=O)c(C(=O)Nc2nc(-c3ccc(Br)cc3)cs2)c(O)c2ccccc21. The number of halogens is 1. The molecule has 0 aliphatic rings. The lowest BCUT2D eigenvalue weighted by atomic mass is 10.1. The van der Waals surface area contributed by atoms with Crippen LogP contribution in [0.15, 0.2) is 63.2 Å². The van der Waals surface area contributed by atoms with Crippen molar-refractivity contribution in [2.45, 2.75) is 45.6 Å². The van der Waals surface area contributed by atoms with Gasteiger partial charge in [0.05, 0.1) is 11.2 Å². The Kier molecular flexibility index (Phi) is 7.80. The summed E-state index contributed by atoms with van der Waals surface area (Å²) in [5, 5.41) is 16.2. The van der Waals surface area contributed by atoms with Gasteiger partial charge in [-0.1, -0.05) is 72.8 Å². The minimum absolute atomic E-state index is 0.257. The quantitative estimate of drug-likeness (QED) is 0.228. The van der Waals surface area contributed by atoms with E-state index in [1.54, 1.807) is 22.8 Å². The highest BCUT2D eigenvalue weighted by Crippen LogP contribution is 2.29. The van der Waals surface area contributed by atoms with E-state index in [0.29, 0.717) is 22.6 Å². The molecular weight excluding hydrogens is 514 g/mol. The van der Waals surface area contributed by atoms with Gasteiger partial charge in [-0.05, 0) is 30.7 Å². The van der Waals surface area contributed by atoms with E-state index in [-0.39, 0.29) is 11.3 Å². The molecule has 2 aromatic carbocycles. The molecule has 0 radical (unpaired) electrons. The number of aryl methyl sites for hydroxylation is 1. The number of hydrogen-bond acceptors (Lipinski definition) is 5. The summed E-state index contributed by atoms with van der Waals surface area (Å²) in [5.74, 6) is -0.963. The fraction of sp³-hybridized carbons (Fsp3) is 0.269. The van der Waals surface area contributed by atoms with Gasteiger partial charge >= 0.3 is 0 Å². The lowest BCUT2D eigenvalue weighted by molar-refractivity contribution is 0.102. The third-order valence-corrected chi connectivity index (χ3v) is 7.01. The number of carbonyl (C=O) groups excluding carboxylic acids is 1. The molecule has 6 nitrogen and oxygen atoms in total. The predicted molar refractivity (Wildman–Crippen MR) is 142 cm³/mol. The normalized spacial score (nSPS) is 11.1. The van der Waals surface area contributed by atoms with Gasteiger partial charge in [-0.25, -0.2) is 4.98 Å². The maximum Gasteiger partial charge on any atom is 0.267 e. The Morgan fingerprint density at radius 1 is 1.09 bits per heavy atom. The minimum atomic E-state index is -0.662. The van der Waals surface area contributed by atoms with Gasteiger partial charge in [0.25, 0.3) is 11.5 Å². The number of nitrogens with zero attached hydrogens (tertiary/aromatic N) is 2. The Bertz CT molecular complexity index is 1360. The van der Waals surface area contributed by atoms with Gasteiger partial charge in [-0.2, -0.15) is 0 Å². The van der Waals surface area contributed by atoms with Crippen LogP contribution in [-0.2, 0) is 6.54 Å². The van der Waals surface area contributed by atoms with E-state index in [1.807, 2.05) is 35.7 Å². The molecule has 0 saturated carbocycles. The smallest absolute Gasteiger partial charge is 0.267 e. The van der Waals surface area contributed by atoms with E-state index in [1.165, 1.54) is 11.3 Å². The maximum absolute atomic E-state index is 13.3. The Hall–Kier alpha value is -2.97. The van der Waals surface area contributed by atoms with Crippen molar-refractivity contribution < 1.29 is 9.90 Å². The number of hydrogen-bond donors (Lipinski definition) is 2. The first-order valence-corrected chi connectivity index (χ1v) is 13.0. The highest BCUT2D eigenvalue weighted by molar-refractivity contribution is 9.10. The number of fused-ring (bicyclic) bond motifs is 1. The monoisotopic (exact) mass is 539 g/mol. The summed E-state index contributed by atoms with van der Waals surface area (Å²) in [5.41, 5.74) is 1.52. The predicted octanol–water partition coefficient (Wildman–Crippen LogP) is 6.82. The number of thiazole rings is 1. The molecule has 1 amide bonds. The molecule has 2 N–H and O–H groups in total. The average molecular weight is 540 g/mol. The van der Waals surface area contributed by atoms with Crippen LogP contribution in [0.3, 0.4) is 0 Å². The topological polar surface area (TPSA) is 84.2 Å². The van der Waals surface area contributed by atoms with Gasteiger partial charge in [-0.15, -0.1) is 11.3 Å². The Morgan fingerprint density at radius 3 is 2.59 bits per heavy atom. The summed E-state index contributed by atoms with van der Waals surface area (Å²) in [7, 11) is 0. The van der Waals surface area contributed by atoms with Crippen LogP contribution in [0.4, 0.5) is 5.13 Å². The standard InChI is InChI=1S/C26H26BrN3O3S/c1-2-3-4-5-8-15-30-21-10-7-6-9-19(21)23(31)22(25(30)33)24(32)29-26-28-20(16-34-26)17-11-13-18(27)14-12-17/h6-7,9-14,16,31H,2-5,8,15H2,1H3,(H,28,29,32). The number of aromatic hydroxyl groups is 1. The number of pyridine rings is 1. The summed E-state index contributed by atoms with van der Waals surface area (Å²) in [6, 6.07) is 14.8. The van der Waals surface area contributed by atoms with Gasteiger partial charge in [0.1, 0.15) is 11.3 Å². The second-order valence-corrected chi connectivity index (χ2v) is 9.88. The van der Waals surface area contributed by atoms with Crippen molar-refractivity contribution in [1.29, 1.82) is 0 Å². The third kappa shape index (κ3) is 5.23. The molecule has 0 unspecified atom stereocenters. The van der Waals surface area contributed by atoms with Crippen LogP contribution < -0.4 is 10.9 Å². The first-order valence-electron chi connectivity index (χ1n) is 11.4. The molecule has 0 fully saturated rings. The van der Waals surface area contributed by atoms with Crippen molar-refractivity contribution in [2.75, 3.05) is 5.32 Å². The molecule has 0 aliphatic heterocycles. The number of para-hydroxylation sites is 1. The first-order chi connectivity index (χ1) is 16.5. The molecule has 0 saturated heterocycles. The zero-order chi connectivity index (χ0) is 24.1. The number of amides is 1. The summed E-state index contributed by atoms with van der Waals surface area (Å²) in [4.78, 5) is 30.9. The Balaban J connectivity index is 1.62. The van der Waals surface area contributed by atoms with E-state index in [2.05, 4.69) is 33.2 Å². The minimum Gasteiger partial charge on any atom is -0.506 e. The van der Waals surface area contributed by atoms with Gasteiger partial charge in [0.15, 0.2) is 5.13 Å². The number of aromatic nitrogens is 2. The van der Waals surface area contributed by atoms with E-state index >= 15 is 0 Å². The molecule has 2 aromatic heterocycles. The maximum atomic E-state index is 13.3. The lowest BCUT2D eigenvalue weighted by Crippen LogP contribution is -2.30. The Morgan fingerprint density at radius 2 is 1.82 bits per heavy atom. The van der Waals surface area contributed by atoms with Crippen LogP contribution in [0.25, 0.3) is 22.2 Å². The lowest BCUT2D eigenvalue weighted by Gasteiger charge is -2.14. The number of anilines is 1. The van der Waals surface area contributed by atoms with Crippen LogP contribution in [-0.4, -0.2) is 20.6 Å². The molecule has 34 heavy (non-hydrogen) atoms. The zero-order valence-electron chi connectivity index (χ0n) is 18.9. The zero-order valence-corrected chi connectivity index (χ0v) is 21.3. The van der Waals surface area contributed by atoms with Crippen LogP contribution in [0.1, 0.15) is 49.4 Å². The third-order valence-electron chi connectivity index (χ3n) is 5.72. The van der Waals surface area contributed by atoms with E-state index in [4.69, 9.17) is 0 Å². The number of benzene rings is 2. The Labute approximate surface area is 210 Å². The second kappa shape index (κ2) is 11.0. The summed E-state index contributed by atoms with van der Waals surface area (Å²) in [6.07, 6.45) is 5.26. The molecule has 8 heteroatoms.